The summed E-state index contributed by atoms with van der Waals surface area (Å²) >= 11 is 0. The maximum atomic E-state index is 14.1. The number of halogens is 2. The molecule has 5 heteroatoms. The molecule has 0 bridgehead atoms. The van der Waals surface area contributed by atoms with Crippen LogP contribution in [0.1, 0.15) is 30.4 Å². The molecule has 0 aliphatic carbocycles. The lowest BCUT2D eigenvalue weighted by atomic mass is 10.0. The number of amides is 1. The van der Waals surface area contributed by atoms with Gasteiger partial charge < -0.3 is 5.32 Å². The van der Waals surface area contributed by atoms with Gasteiger partial charge in [0.1, 0.15) is 6.04 Å². The van der Waals surface area contributed by atoms with Crippen molar-refractivity contribution in [3.63, 3.8) is 0 Å². The van der Waals surface area contributed by atoms with Crippen LogP contribution >= 0.6 is 0 Å². The van der Waals surface area contributed by atoms with Crippen LogP contribution in [-0.2, 0) is 17.6 Å². The van der Waals surface area contributed by atoms with Crippen LogP contribution in [0.4, 0.5) is 8.78 Å². The van der Waals surface area contributed by atoms with E-state index in [1.807, 2.05) is 66.7 Å². The Labute approximate surface area is 152 Å². The fourth-order valence-corrected chi connectivity index (χ4v) is 2.66. The molecular weight excluding hydrogens is 334 g/mol. The number of hydrogen-bond donors (Lipinski definition) is 1. The topological polar surface area (TPSA) is 52.9 Å². The van der Waals surface area contributed by atoms with Crippen molar-refractivity contribution in [1.82, 2.24) is 5.32 Å². The molecule has 2 rings (SSSR count). The van der Waals surface area contributed by atoms with Crippen molar-refractivity contribution >= 4 is 5.91 Å². The molecule has 26 heavy (non-hydrogen) atoms. The van der Waals surface area contributed by atoms with E-state index in [0.29, 0.717) is 19.3 Å². The van der Waals surface area contributed by atoms with Gasteiger partial charge in [-0.1, -0.05) is 60.7 Å². The molecule has 1 unspecified atom stereocenters. The minimum atomic E-state index is -3.48. The molecule has 0 saturated heterocycles. The molecule has 0 spiro atoms. The standard InChI is InChI=1S/C21H22F2N2O/c22-21(23,15-7-12-17-8-3-1-4-9-17)20(26)25-19(16-24)14-13-18-10-5-2-6-11-18/h1-6,8-11,19H,7,12-15H2,(H,25,26). The zero-order valence-electron chi connectivity index (χ0n) is 14.5. The second-order valence-electron chi connectivity index (χ2n) is 6.22. The van der Waals surface area contributed by atoms with E-state index in [0.717, 1.165) is 11.1 Å². The first kappa shape index (κ1) is 19.6. The van der Waals surface area contributed by atoms with Gasteiger partial charge in [-0.05, 0) is 36.8 Å². The van der Waals surface area contributed by atoms with Gasteiger partial charge in [-0.2, -0.15) is 14.0 Å². The van der Waals surface area contributed by atoms with Crippen molar-refractivity contribution in [2.24, 2.45) is 0 Å². The zero-order chi connectivity index (χ0) is 18.8. The molecule has 0 saturated carbocycles. The Morgan fingerprint density at radius 3 is 2.08 bits per heavy atom. The van der Waals surface area contributed by atoms with Crippen LogP contribution in [-0.4, -0.2) is 17.9 Å². The average Bonchev–Trinajstić information content (AvgIpc) is 2.66. The highest BCUT2D eigenvalue weighted by atomic mass is 19.3. The summed E-state index contributed by atoms with van der Waals surface area (Å²) in [5, 5.41) is 11.3. The van der Waals surface area contributed by atoms with E-state index < -0.39 is 24.3 Å². The Bertz CT molecular complexity index is 727. The molecule has 0 aliphatic rings. The van der Waals surface area contributed by atoms with Gasteiger partial charge in [0, 0.05) is 6.42 Å². The summed E-state index contributed by atoms with van der Waals surface area (Å²) in [4.78, 5) is 11.9. The molecule has 2 aromatic rings. The molecule has 2 aromatic carbocycles. The summed E-state index contributed by atoms with van der Waals surface area (Å²) in [5.41, 5.74) is 1.96. The molecule has 0 radical (unpaired) electrons. The van der Waals surface area contributed by atoms with Gasteiger partial charge in [0.2, 0.25) is 0 Å². The van der Waals surface area contributed by atoms with E-state index in [4.69, 9.17) is 5.26 Å². The van der Waals surface area contributed by atoms with E-state index >= 15 is 0 Å². The monoisotopic (exact) mass is 356 g/mol. The Kier molecular flexibility index (Phi) is 7.28. The maximum Gasteiger partial charge on any atom is 0.324 e. The predicted octanol–water partition coefficient (Wildman–Crippen LogP) is 4.29. The Morgan fingerprint density at radius 1 is 1.00 bits per heavy atom. The van der Waals surface area contributed by atoms with E-state index in [-0.39, 0.29) is 6.42 Å². The third kappa shape index (κ3) is 6.29. The minimum Gasteiger partial charge on any atom is -0.335 e. The number of carbonyl (C=O) groups excluding carboxylic acids is 1. The molecule has 0 heterocycles. The van der Waals surface area contributed by atoms with Gasteiger partial charge in [-0.25, -0.2) is 0 Å². The SMILES string of the molecule is N#CC(CCc1ccccc1)NC(=O)C(F)(F)CCCc1ccccc1. The number of hydrogen-bond acceptors (Lipinski definition) is 2. The summed E-state index contributed by atoms with van der Waals surface area (Å²) in [6.07, 6.45) is 0.987. The summed E-state index contributed by atoms with van der Waals surface area (Å²) in [7, 11) is 0. The lowest BCUT2D eigenvalue weighted by Crippen LogP contribution is -2.45. The zero-order valence-corrected chi connectivity index (χ0v) is 14.5. The molecule has 0 aromatic heterocycles. The van der Waals surface area contributed by atoms with Gasteiger partial charge in [0.15, 0.2) is 0 Å². The maximum absolute atomic E-state index is 14.1. The third-order valence-electron chi connectivity index (χ3n) is 4.16. The number of carbonyl (C=O) groups is 1. The summed E-state index contributed by atoms with van der Waals surface area (Å²) in [6.45, 7) is 0. The van der Waals surface area contributed by atoms with Crippen LogP contribution in [0.2, 0.25) is 0 Å². The van der Waals surface area contributed by atoms with Gasteiger partial charge in [0.25, 0.3) is 5.91 Å². The highest BCUT2D eigenvalue weighted by Crippen LogP contribution is 2.22. The number of nitrogens with zero attached hydrogens (tertiary/aromatic N) is 1. The largest absolute Gasteiger partial charge is 0.335 e. The molecule has 0 aliphatic heterocycles. The highest BCUT2D eigenvalue weighted by Gasteiger charge is 2.38. The molecule has 136 valence electrons. The molecule has 3 nitrogen and oxygen atoms in total. The Hall–Kier alpha value is -2.74. The number of nitrogens with one attached hydrogen (secondary N) is 1. The van der Waals surface area contributed by atoms with Crippen molar-refractivity contribution in [2.45, 2.75) is 44.1 Å². The van der Waals surface area contributed by atoms with Gasteiger partial charge in [-0.3, -0.25) is 4.79 Å². The van der Waals surface area contributed by atoms with Gasteiger partial charge >= 0.3 is 5.92 Å². The highest BCUT2D eigenvalue weighted by molar-refractivity contribution is 5.83. The van der Waals surface area contributed by atoms with E-state index in [1.165, 1.54) is 0 Å². The summed E-state index contributed by atoms with van der Waals surface area (Å²) in [6, 6.07) is 19.7. The lowest BCUT2D eigenvalue weighted by molar-refractivity contribution is -0.147. The van der Waals surface area contributed by atoms with Crippen LogP contribution in [0.25, 0.3) is 0 Å². The fraction of sp³-hybridized carbons (Fsp3) is 0.333. The number of benzene rings is 2. The van der Waals surface area contributed by atoms with Gasteiger partial charge in [-0.15, -0.1) is 0 Å². The van der Waals surface area contributed by atoms with Crippen LogP contribution in [0.3, 0.4) is 0 Å². The second-order valence-corrected chi connectivity index (χ2v) is 6.22. The number of alkyl halides is 2. The van der Waals surface area contributed by atoms with Crippen LogP contribution in [0, 0.1) is 11.3 Å². The summed E-state index contributed by atoms with van der Waals surface area (Å²) in [5.74, 6) is -4.85. The smallest absolute Gasteiger partial charge is 0.324 e. The minimum absolute atomic E-state index is 0.200. The van der Waals surface area contributed by atoms with Crippen molar-refractivity contribution in [2.75, 3.05) is 0 Å². The van der Waals surface area contributed by atoms with Crippen LogP contribution < -0.4 is 5.32 Å². The number of rotatable bonds is 9. The van der Waals surface area contributed by atoms with Crippen LogP contribution in [0.5, 0.6) is 0 Å². The number of aryl methyl sites for hydroxylation is 2. The first-order valence-electron chi connectivity index (χ1n) is 8.67. The fourth-order valence-electron chi connectivity index (χ4n) is 2.66. The van der Waals surface area contributed by atoms with E-state index in [2.05, 4.69) is 5.32 Å². The first-order chi connectivity index (χ1) is 12.5. The molecule has 1 amide bonds. The average molecular weight is 356 g/mol. The summed E-state index contributed by atoms with van der Waals surface area (Å²) < 4.78 is 28.1. The first-order valence-corrected chi connectivity index (χ1v) is 8.67. The van der Waals surface area contributed by atoms with Crippen molar-refractivity contribution < 1.29 is 13.6 Å². The Balaban J connectivity index is 1.80. The quantitative estimate of drug-likeness (QED) is 0.729. The Morgan fingerprint density at radius 2 is 1.54 bits per heavy atom. The second kappa shape index (κ2) is 9.67. The van der Waals surface area contributed by atoms with Crippen molar-refractivity contribution in [3.8, 4) is 6.07 Å². The van der Waals surface area contributed by atoms with Gasteiger partial charge in [0.05, 0.1) is 6.07 Å². The van der Waals surface area contributed by atoms with Crippen molar-refractivity contribution in [3.05, 3.63) is 71.8 Å². The van der Waals surface area contributed by atoms with Crippen molar-refractivity contribution in [1.29, 1.82) is 5.26 Å². The molecular formula is C21H22F2N2O. The third-order valence-corrected chi connectivity index (χ3v) is 4.16. The molecule has 1 atom stereocenters. The predicted molar refractivity (Wildman–Crippen MR) is 96.6 cm³/mol. The van der Waals surface area contributed by atoms with Crippen LogP contribution in [0.15, 0.2) is 60.7 Å². The molecule has 1 N–H and O–H groups in total. The lowest BCUT2D eigenvalue weighted by Gasteiger charge is -2.18. The van der Waals surface area contributed by atoms with E-state index in [9.17, 15) is 13.6 Å². The van der Waals surface area contributed by atoms with E-state index in [1.54, 1.807) is 0 Å². The number of nitriles is 1. The molecule has 0 fully saturated rings. The normalized spacial score (nSPS) is 12.2.